The molecule has 72 valence electrons. The van der Waals surface area contributed by atoms with E-state index in [1.165, 1.54) is 6.08 Å². The van der Waals surface area contributed by atoms with Gasteiger partial charge in [-0.05, 0) is 17.7 Å². The van der Waals surface area contributed by atoms with Crippen LogP contribution in [0.2, 0.25) is 5.02 Å². The molecular weight excluding hydrogens is 196 g/mol. The Balaban J connectivity index is 3.08. The molecule has 0 amide bonds. The monoisotopic (exact) mass is 207 g/mol. The van der Waals surface area contributed by atoms with Gasteiger partial charge < -0.3 is 11.1 Å². The van der Waals surface area contributed by atoms with Gasteiger partial charge in [-0.25, -0.2) is 0 Å². The molecule has 0 spiro atoms. The number of hydrogen-bond donors (Lipinski definition) is 2. The van der Waals surface area contributed by atoms with E-state index in [-0.39, 0.29) is 0 Å². The van der Waals surface area contributed by atoms with Crippen LogP contribution in [-0.2, 0) is 6.42 Å². The van der Waals surface area contributed by atoms with Gasteiger partial charge >= 0.3 is 0 Å². The SMILES string of the molecule is [CH2+]Cc1ccc(C(N)=CC=N)cc1Cl. The first kappa shape index (κ1) is 10.7. The molecule has 0 unspecified atom stereocenters. The number of hydrogen-bond acceptors (Lipinski definition) is 2. The van der Waals surface area contributed by atoms with Crippen LogP contribution in [0.15, 0.2) is 24.3 Å². The first-order valence-corrected chi connectivity index (χ1v) is 4.61. The van der Waals surface area contributed by atoms with E-state index in [9.17, 15) is 0 Å². The molecule has 2 nitrogen and oxygen atoms in total. The summed E-state index contributed by atoms with van der Waals surface area (Å²) in [5.74, 6) is 0. The van der Waals surface area contributed by atoms with Crippen LogP contribution in [0.1, 0.15) is 11.1 Å². The molecule has 1 aromatic carbocycles. The molecule has 0 heterocycles. The number of nitrogens with two attached hydrogens (primary N) is 1. The molecule has 1 rings (SSSR count). The van der Waals surface area contributed by atoms with Crippen molar-refractivity contribution in [1.82, 2.24) is 0 Å². The standard InChI is InChI=1S/C11H12ClN2/c1-2-8-3-4-9(7-10(8)12)11(14)5-6-13/h3-7,13H,1-2,14H2/q+1. The van der Waals surface area contributed by atoms with Gasteiger partial charge in [-0.15, -0.1) is 0 Å². The first-order chi connectivity index (χ1) is 6.69. The van der Waals surface area contributed by atoms with E-state index >= 15 is 0 Å². The quantitative estimate of drug-likeness (QED) is 0.581. The number of allylic oxidation sites excluding steroid dienone is 1. The maximum atomic E-state index is 6.89. The lowest BCUT2D eigenvalue weighted by Crippen LogP contribution is -1.97. The summed E-state index contributed by atoms with van der Waals surface area (Å²) in [6.45, 7) is 3.76. The second kappa shape index (κ2) is 4.72. The smallest absolute Gasteiger partial charge is 0.111 e. The van der Waals surface area contributed by atoms with Crippen LogP contribution in [0.4, 0.5) is 0 Å². The minimum atomic E-state index is 0.539. The molecule has 0 bridgehead atoms. The van der Waals surface area contributed by atoms with Gasteiger partial charge in [0.1, 0.15) is 6.42 Å². The van der Waals surface area contributed by atoms with E-state index in [0.29, 0.717) is 17.1 Å². The average molecular weight is 208 g/mol. The van der Waals surface area contributed by atoms with Gasteiger partial charge in [-0.1, -0.05) is 23.7 Å². The molecule has 0 atom stereocenters. The molecule has 0 saturated carbocycles. The predicted molar refractivity (Wildman–Crippen MR) is 61.5 cm³/mol. The van der Waals surface area contributed by atoms with Gasteiger partial charge in [0.05, 0.1) is 6.92 Å². The lowest BCUT2D eigenvalue weighted by atomic mass is 10.1. The van der Waals surface area contributed by atoms with E-state index in [1.54, 1.807) is 6.07 Å². The zero-order valence-corrected chi connectivity index (χ0v) is 8.51. The minimum absolute atomic E-state index is 0.539. The summed E-state index contributed by atoms with van der Waals surface area (Å²) < 4.78 is 0. The van der Waals surface area contributed by atoms with E-state index < -0.39 is 0 Å². The fourth-order valence-electron chi connectivity index (χ4n) is 1.12. The Morgan fingerprint density at radius 2 is 2.29 bits per heavy atom. The van der Waals surface area contributed by atoms with Crippen LogP contribution in [0.3, 0.4) is 0 Å². The summed E-state index contributed by atoms with van der Waals surface area (Å²) in [4.78, 5) is 0. The summed E-state index contributed by atoms with van der Waals surface area (Å²) in [6.07, 6.45) is 3.33. The average Bonchev–Trinajstić information content (AvgIpc) is 2.18. The van der Waals surface area contributed by atoms with Crippen molar-refractivity contribution in [3.63, 3.8) is 0 Å². The first-order valence-electron chi connectivity index (χ1n) is 4.23. The lowest BCUT2D eigenvalue weighted by Gasteiger charge is -2.03. The molecule has 0 fully saturated rings. The highest BCUT2D eigenvalue weighted by Gasteiger charge is 2.03. The molecule has 0 saturated heterocycles. The molecule has 1 aromatic rings. The van der Waals surface area contributed by atoms with Crippen LogP contribution in [-0.4, -0.2) is 6.21 Å². The van der Waals surface area contributed by atoms with Gasteiger partial charge in [0.2, 0.25) is 0 Å². The number of benzene rings is 1. The number of nitrogens with one attached hydrogen (secondary N) is 1. The summed E-state index contributed by atoms with van der Waals surface area (Å²) >= 11 is 5.99. The molecule has 3 heteroatoms. The van der Waals surface area contributed by atoms with Crippen LogP contribution >= 0.6 is 11.6 Å². The van der Waals surface area contributed by atoms with Crippen LogP contribution in [0, 0.1) is 12.3 Å². The van der Waals surface area contributed by atoms with Crippen molar-refractivity contribution in [2.75, 3.05) is 0 Å². The molecule has 3 N–H and O–H groups in total. The summed E-state index contributed by atoms with van der Waals surface area (Å²) in [6, 6.07) is 5.56. The van der Waals surface area contributed by atoms with Crippen molar-refractivity contribution >= 4 is 23.5 Å². The maximum Gasteiger partial charge on any atom is 0.111 e. The Labute approximate surface area is 88.9 Å². The normalized spacial score (nSPS) is 11.4. The fourth-order valence-corrected chi connectivity index (χ4v) is 1.39. The highest BCUT2D eigenvalue weighted by atomic mass is 35.5. The van der Waals surface area contributed by atoms with Crippen molar-refractivity contribution in [3.8, 4) is 0 Å². The highest BCUT2D eigenvalue weighted by molar-refractivity contribution is 6.31. The topological polar surface area (TPSA) is 49.9 Å². The molecular formula is C11H12ClN2+. The van der Waals surface area contributed by atoms with Gasteiger partial charge in [0.15, 0.2) is 0 Å². The number of halogens is 1. The van der Waals surface area contributed by atoms with Crippen LogP contribution in [0.5, 0.6) is 0 Å². The van der Waals surface area contributed by atoms with Crippen molar-refractivity contribution in [3.05, 3.63) is 47.3 Å². The summed E-state index contributed by atoms with van der Waals surface area (Å²) in [7, 11) is 0. The van der Waals surface area contributed by atoms with E-state index in [2.05, 4.69) is 6.92 Å². The molecule has 0 radical (unpaired) electrons. The molecule has 0 aliphatic heterocycles. The van der Waals surface area contributed by atoms with Crippen LogP contribution < -0.4 is 5.73 Å². The lowest BCUT2D eigenvalue weighted by molar-refractivity contribution is 1.27. The van der Waals surface area contributed by atoms with Crippen molar-refractivity contribution in [2.24, 2.45) is 5.73 Å². The van der Waals surface area contributed by atoms with E-state index in [4.69, 9.17) is 22.7 Å². The second-order valence-electron chi connectivity index (χ2n) is 2.84. The summed E-state index contributed by atoms with van der Waals surface area (Å²) in [5, 5.41) is 7.56. The Morgan fingerprint density at radius 3 is 2.79 bits per heavy atom. The van der Waals surface area contributed by atoms with Gasteiger partial charge in [0.25, 0.3) is 0 Å². The van der Waals surface area contributed by atoms with Gasteiger partial charge in [-0.3, -0.25) is 0 Å². The third-order valence-electron chi connectivity index (χ3n) is 1.92. The van der Waals surface area contributed by atoms with Gasteiger partial charge in [-0.2, -0.15) is 0 Å². The third kappa shape index (κ3) is 2.30. The van der Waals surface area contributed by atoms with E-state index in [0.717, 1.165) is 17.3 Å². The van der Waals surface area contributed by atoms with Crippen molar-refractivity contribution in [2.45, 2.75) is 6.42 Å². The predicted octanol–water partition coefficient (Wildman–Crippen LogP) is 2.67. The molecule has 0 aromatic heterocycles. The molecule has 0 aliphatic rings. The Bertz CT molecular complexity index is 370. The van der Waals surface area contributed by atoms with Crippen molar-refractivity contribution < 1.29 is 0 Å². The Hall–Kier alpha value is -1.41. The Kier molecular flexibility index (Phi) is 3.60. The Morgan fingerprint density at radius 1 is 1.57 bits per heavy atom. The zero-order valence-electron chi connectivity index (χ0n) is 7.76. The second-order valence-corrected chi connectivity index (χ2v) is 3.25. The van der Waals surface area contributed by atoms with Crippen LogP contribution in [0.25, 0.3) is 5.70 Å². The number of rotatable bonds is 3. The van der Waals surface area contributed by atoms with Gasteiger partial charge in [0, 0.05) is 22.5 Å². The largest absolute Gasteiger partial charge is 0.398 e. The molecule has 0 aliphatic carbocycles. The van der Waals surface area contributed by atoms with Crippen molar-refractivity contribution in [1.29, 1.82) is 5.41 Å². The molecule has 14 heavy (non-hydrogen) atoms. The van der Waals surface area contributed by atoms with E-state index in [1.807, 2.05) is 12.1 Å². The summed E-state index contributed by atoms with van der Waals surface area (Å²) in [5.41, 5.74) is 8.07. The maximum absolute atomic E-state index is 6.89. The minimum Gasteiger partial charge on any atom is -0.398 e. The third-order valence-corrected chi connectivity index (χ3v) is 2.27. The zero-order chi connectivity index (χ0) is 10.6. The fraction of sp³-hybridized carbons (Fsp3) is 0.0909. The highest BCUT2D eigenvalue weighted by Crippen LogP contribution is 2.20.